The number of nitrogens with zero attached hydrogens (tertiary/aromatic N) is 1. The summed E-state index contributed by atoms with van der Waals surface area (Å²) in [5.74, 6) is -0.00261. The van der Waals surface area contributed by atoms with Gasteiger partial charge in [-0.1, -0.05) is 36.4 Å². The third-order valence-corrected chi connectivity index (χ3v) is 2.42. The molecular formula is C13H13N3. The van der Waals surface area contributed by atoms with Gasteiger partial charge in [-0.05, 0) is 18.6 Å². The first-order valence-corrected chi connectivity index (χ1v) is 5.06. The number of rotatable bonds is 2. The maximum absolute atomic E-state index is 7.38. The summed E-state index contributed by atoms with van der Waals surface area (Å²) in [6.07, 6.45) is 0. The highest BCUT2D eigenvalue weighted by molar-refractivity contribution is 5.93. The Bertz CT molecular complexity index is 518. The molecule has 0 aliphatic carbocycles. The van der Waals surface area contributed by atoms with Gasteiger partial charge >= 0.3 is 0 Å². The topological polar surface area (TPSA) is 62.8 Å². The van der Waals surface area contributed by atoms with Crippen LogP contribution in [0.3, 0.4) is 0 Å². The Morgan fingerprint density at radius 3 is 2.44 bits per heavy atom. The van der Waals surface area contributed by atoms with Gasteiger partial charge < -0.3 is 5.73 Å². The summed E-state index contributed by atoms with van der Waals surface area (Å²) in [5.41, 5.74) is 8.96. The lowest BCUT2D eigenvalue weighted by Crippen LogP contribution is -2.13. The summed E-state index contributed by atoms with van der Waals surface area (Å²) in [6, 6.07) is 13.6. The van der Waals surface area contributed by atoms with E-state index in [1.54, 1.807) is 6.07 Å². The van der Waals surface area contributed by atoms with E-state index in [-0.39, 0.29) is 5.84 Å². The fourth-order valence-corrected chi connectivity index (χ4v) is 1.57. The minimum absolute atomic E-state index is 0.00261. The van der Waals surface area contributed by atoms with Crippen LogP contribution in [0.4, 0.5) is 0 Å². The highest BCUT2D eigenvalue weighted by Crippen LogP contribution is 2.20. The molecule has 0 atom stereocenters. The number of amidine groups is 1. The van der Waals surface area contributed by atoms with Crippen molar-refractivity contribution in [1.82, 2.24) is 4.98 Å². The van der Waals surface area contributed by atoms with Gasteiger partial charge in [-0.3, -0.25) is 5.41 Å². The molecule has 0 aliphatic rings. The molecule has 2 rings (SSSR count). The van der Waals surface area contributed by atoms with Gasteiger partial charge in [0.1, 0.15) is 11.5 Å². The Morgan fingerprint density at radius 2 is 1.81 bits per heavy atom. The van der Waals surface area contributed by atoms with Crippen LogP contribution in [-0.4, -0.2) is 10.8 Å². The molecule has 2 aromatic rings. The van der Waals surface area contributed by atoms with Gasteiger partial charge in [0.05, 0.1) is 5.69 Å². The van der Waals surface area contributed by atoms with Gasteiger partial charge in [0.25, 0.3) is 0 Å². The molecule has 80 valence electrons. The van der Waals surface area contributed by atoms with Crippen LogP contribution in [0.2, 0.25) is 0 Å². The first kappa shape index (κ1) is 10.4. The van der Waals surface area contributed by atoms with Crippen molar-refractivity contribution in [3.8, 4) is 11.3 Å². The van der Waals surface area contributed by atoms with E-state index in [4.69, 9.17) is 11.1 Å². The Balaban J connectivity index is 2.56. The zero-order valence-electron chi connectivity index (χ0n) is 9.07. The Kier molecular flexibility index (Phi) is 2.68. The second kappa shape index (κ2) is 4.14. The lowest BCUT2D eigenvalue weighted by atomic mass is 10.1. The second-order valence-electron chi connectivity index (χ2n) is 3.64. The number of aryl methyl sites for hydroxylation is 1. The molecule has 0 unspecified atom stereocenters. The smallest absolute Gasteiger partial charge is 0.141 e. The van der Waals surface area contributed by atoms with E-state index in [0.717, 1.165) is 16.8 Å². The van der Waals surface area contributed by atoms with Crippen molar-refractivity contribution >= 4 is 5.84 Å². The van der Waals surface area contributed by atoms with Gasteiger partial charge in [0.2, 0.25) is 0 Å². The molecule has 0 aliphatic heterocycles. The zero-order chi connectivity index (χ0) is 11.5. The molecule has 0 saturated carbocycles. The van der Waals surface area contributed by atoms with Gasteiger partial charge in [-0.2, -0.15) is 0 Å². The van der Waals surface area contributed by atoms with E-state index in [2.05, 4.69) is 4.98 Å². The number of nitrogen functional groups attached to an aromatic ring is 1. The number of hydrogen-bond donors (Lipinski definition) is 2. The van der Waals surface area contributed by atoms with Crippen LogP contribution in [0.25, 0.3) is 11.3 Å². The molecular weight excluding hydrogens is 198 g/mol. The Morgan fingerprint density at radius 1 is 1.12 bits per heavy atom. The minimum Gasteiger partial charge on any atom is -0.382 e. The molecule has 3 nitrogen and oxygen atoms in total. The number of benzene rings is 1. The quantitative estimate of drug-likeness (QED) is 0.591. The molecule has 3 N–H and O–H groups in total. The van der Waals surface area contributed by atoms with Crippen molar-refractivity contribution in [3.63, 3.8) is 0 Å². The average molecular weight is 211 g/mol. The molecule has 0 radical (unpaired) electrons. The monoisotopic (exact) mass is 211 g/mol. The van der Waals surface area contributed by atoms with Gasteiger partial charge in [0, 0.05) is 5.56 Å². The van der Waals surface area contributed by atoms with E-state index in [1.807, 2.05) is 43.3 Å². The SMILES string of the molecule is Cc1ccc(C(=N)N)nc1-c1ccccc1. The van der Waals surface area contributed by atoms with Crippen LogP contribution < -0.4 is 5.73 Å². The van der Waals surface area contributed by atoms with Crippen LogP contribution in [0, 0.1) is 12.3 Å². The van der Waals surface area contributed by atoms with Crippen LogP contribution in [0.5, 0.6) is 0 Å². The number of aromatic nitrogens is 1. The summed E-state index contributed by atoms with van der Waals surface area (Å²) in [7, 11) is 0. The van der Waals surface area contributed by atoms with Crippen LogP contribution in [0.1, 0.15) is 11.3 Å². The van der Waals surface area contributed by atoms with Crippen LogP contribution >= 0.6 is 0 Å². The highest BCUT2D eigenvalue weighted by Gasteiger charge is 2.06. The molecule has 0 saturated heterocycles. The lowest BCUT2D eigenvalue weighted by Gasteiger charge is -2.07. The molecule has 0 amide bonds. The molecule has 1 aromatic carbocycles. The molecule has 16 heavy (non-hydrogen) atoms. The highest BCUT2D eigenvalue weighted by atomic mass is 14.8. The third kappa shape index (κ3) is 1.93. The van der Waals surface area contributed by atoms with Crippen molar-refractivity contribution in [1.29, 1.82) is 5.41 Å². The third-order valence-electron chi connectivity index (χ3n) is 2.42. The molecule has 0 fully saturated rings. The molecule has 1 aromatic heterocycles. The zero-order valence-corrected chi connectivity index (χ0v) is 9.07. The van der Waals surface area contributed by atoms with E-state index in [9.17, 15) is 0 Å². The Labute approximate surface area is 94.5 Å². The molecule has 0 bridgehead atoms. The second-order valence-corrected chi connectivity index (χ2v) is 3.64. The molecule has 0 spiro atoms. The van der Waals surface area contributed by atoms with Crippen LogP contribution in [-0.2, 0) is 0 Å². The van der Waals surface area contributed by atoms with Crippen molar-refractivity contribution in [2.24, 2.45) is 5.73 Å². The predicted octanol–water partition coefficient (Wildman–Crippen LogP) is 2.34. The van der Waals surface area contributed by atoms with Gasteiger partial charge in [-0.25, -0.2) is 4.98 Å². The van der Waals surface area contributed by atoms with E-state index < -0.39 is 0 Å². The predicted molar refractivity (Wildman–Crippen MR) is 65.4 cm³/mol. The fourth-order valence-electron chi connectivity index (χ4n) is 1.57. The summed E-state index contributed by atoms with van der Waals surface area (Å²) in [6.45, 7) is 2.00. The summed E-state index contributed by atoms with van der Waals surface area (Å²) in [4.78, 5) is 4.39. The standard InChI is InChI=1S/C13H13N3/c1-9-7-8-11(13(14)15)16-12(9)10-5-3-2-4-6-10/h2-8H,1H3,(H3,14,15). The maximum atomic E-state index is 7.38. The largest absolute Gasteiger partial charge is 0.382 e. The first-order valence-electron chi connectivity index (χ1n) is 5.06. The number of pyridine rings is 1. The van der Waals surface area contributed by atoms with E-state index in [1.165, 1.54) is 0 Å². The number of hydrogen-bond acceptors (Lipinski definition) is 2. The minimum atomic E-state index is -0.00261. The number of nitrogens with two attached hydrogens (primary N) is 1. The van der Waals surface area contributed by atoms with Crippen molar-refractivity contribution in [2.75, 3.05) is 0 Å². The van der Waals surface area contributed by atoms with Crippen molar-refractivity contribution in [2.45, 2.75) is 6.92 Å². The summed E-state index contributed by atoms with van der Waals surface area (Å²) < 4.78 is 0. The van der Waals surface area contributed by atoms with Gasteiger partial charge in [-0.15, -0.1) is 0 Å². The normalized spacial score (nSPS) is 10.1. The molecule has 3 heteroatoms. The number of nitrogens with one attached hydrogen (secondary N) is 1. The van der Waals surface area contributed by atoms with Crippen LogP contribution in [0.15, 0.2) is 42.5 Å². The molecule has 1 heterocycles. The Hall–Kier alpha value is -2.16. The van der Waals surface area contributed by atoms with Crippen molar-refractivity contribution in [3.05, 3.63) is 53.7 Å². The van der Waals surface area contributed by atoms with Gasteiger partial charge in [0.15, 0.2) is 0 Å². The lowest BCUT2D eigenvalue weighted by molar-refractivity contribution is 1.22. The first-order chi connectivity index (χ1) is 7.68. The van der Waals surface area contributed by atoms with E-state index >= 15 is 0 Å². The summed E-state index contributed by atoms with van der Waals surface area (Å²) >= 11 is 0. The van der Waals surface area contributed by atoms with Crippen molar-refractivity contribution < 1.29 is 0 Å². The fraction of sp³-hybridized carbons (Fsp3) is 0.0769. The maximum Gasteiger partial charge on any atom is 0.141 e. The summed E-state index contributed by atoms with van der Waals surface area (Å²) in [5, 5.41) is 7.38. The average Bonchev–Trinajstić information content (AvgIpc) is 2.30. The van der Waals surface area contributed by atoms with E-state index in [0.29, 0.717) is 5.69 Å².